The van der Waals surface area contributed by atoms with Gasteiger partial charge in [-0.1, -0.05) is 6.07 Å². The number of hydrogen-bond donors (Lipinski definition) is 1. The van der Waals surface area contributed by atoms with Crippen molar-refractivity contribution in [2.24, 2.45) is 10.7 Å². The number of nitrogens with zero attached hydrogens (tertiary/aromatic N) is 2. The number of pyridine rings is 1. The van der Waals surface area contributed by atoms with Crippen LogP contribution >= 0.6 is 0 Å². The maximum atomic E-state index is 6.02. The van der Waals surface area contributed by atoms with E-state index in [1.165, 1.54) is 0 Å². The highest BCUT2D eigenvalue weighted by atomic mass is 16.5. The number of aliphatic imine (C=N–C) groups is 1. The third-order valence-corrected chi connectivity index (χ3v) is 4.31. The first-order valence-corrected chi connectivity index (χ1v) is 8.83. The van der Waals surface area contributed by atoms with Gasteiger partial charge in [-0.2, -0.15) is 0 Å². The lowest BCUT2D eigenvalue weighted by molar-refractivity contribution is 0.415. The van der Waals surface area contributed by atoms with E-state index in [1.807, 2.05) is 78.9 Å². The molecule has 138 valence electrons. The fourth-order valence-electron chi connectivity index (χ4n) is 2.81. The first-order chi connectivity index (χ1) is 13.7. The predicted octanol–water partition coefficient (Wildman–Crippen LogP) is 5.05. The Labute approximate surface area is 163 Å². The van der Waals surface area contributed by atoms with Crippen LogP contribution in [0.5, 0.6) is 5.75 Å². The highest BCUT2D eigenvalue weighted by Gasteiger charge is 2.07. The zero-order chi connectivity index (χ0) is 19.3. The highest BCUT2D eigenvalue weighted by Crippen LogP contribution is 2.30. The number of ether oxygens (including phenoxy) is 1. The van der Waals surface area contributed by atoms with Gasteiger partial charge in [0.2, 0.25) is 0 Å². The van der Waals surface area contributed by atoms with Gasteiger partial charge in [0.1, 0.15) is 28.8 Å². The van der Waals surface area contributed by atoms with Gasteiger partial charge in [0.25, 0.3) is 0 Å². The number of aromatic nitrogens is 1. The topological polar surface area (TPSA) is 73.6 Å². The number of methoxy groups -OCH3 is 1. The molecule has 28 heavy (non-hydrogen) atoms. The summed E-state index contributed by atoms with van der Waals surface area (Å²) in [4.78, 5) is 8.63. The summed E-state index contributed by atoms with van der Waals surface area (Å²) in [5.41, 5.74) is 9.40. The van der Waals surface area contributed by atoms with Gasteiger partial charge in [-0.15, -0.1) is 0 Å². The van der Waals surface area contributed by atoms with Crippen molar-refractivity contribution >= 4 is 11.5 Å². The van der Waals surface area contributed by atoms with Crippen LogP contribution in [0.1, 0.15) is 5.69 Å². The van der Waals surface area contributed by atoms with E-state index in [2.05, 4.69) is 9.98 Å². The molecule has 0 aliphatic heterocycles. The molecule has 0 atom stereocenters. The lowest BCUT2D eigenvalue weighted by Gasteiger charge is -2.02. The van der Waals surface area contributed by atoms with E-state index in [-0.39, 0.29) is 0 Å². The Morgan fingerprint density at radius 2 is 1.50 bits per heavy atom. The molecule has 0 unspecified atom stereocenters. The Hall–Kier alpha value is -3.86. The monoisotopic (exact) mass is 369 g/mol. The number of furan rings is 1. The summed E-state index contributed by atoms with van der Waals surface area (Å²) in [6.07, 6.45) is 1.69. The van der Waals surface area contributed by atoms with Crippen molar-refractivity contribution < 1.29 is 9.15 Å². The van der Waals surface area contributed by atoms with E-state index in [1.54, 1.807) is 13.3 Å². The predicted molar refractivity (Wildman–Crippen MR) is 111 cm³/mol. The van der Waals surface area contributed by atoms with Crippen molar-refractivity contribution in [3.8, 4) is 28.4 Å². The molecule has 2 N–H and O–H groups in total. The summed E-state index contributed by atoms with van der Waals surface area (Å²) in [7, 11) is 1.65. The fraction of sp³-hybridized carbons (Fsp3) is 0.0435. The summed E-state index contributed by atoms with van der Waals surface area (Å²) in [6, 6.07) is 25.0. The van der Waals surface area contributed by atoms with Crippen molar-refractivity contribution in [2.45, 2.75) is 0 Å². The van der Waals surface area contributed by atoms with E-state index in [9.17, 15) is 0 Å². The van der Waals surface area contributed by atoms with Crippen molar-refractivity contribution in [3.05, 3.63) is 90.8 Å². The minimum atomic E-state index is 0.383. The van der Waals surface area contributed by atoms with Crippen LogP contribution in [0, 0.1) is 0 Å². The van der Waals surface area contributed by atoms with Crippen molar-refractivity contribution in [2.75, 3.05) is 7.11 Å². The lowest BCUT2D eigenvalue weighted by atomic mass is 10.1. The lowest BCUT2D eigenvalue weighted by Crippen LogP contribution is -2.14. The first-order valence-electron chi connectivity index (χ1n) is 8.83. The van der Waals surface area contributed by atoms with Gasteiger partial charge in [-0.05, 0) is 72.8 Å². The molecule has 0 saturated heterocycles. The van der Waals surface area contributed by atoms with Crippen LogP contribution in [0.4, 0.5) is 5.69 Å². The maximum absolute atomic E-state index is 6.02. The van der Waals surface area contributed by atoms with E-state index < -0.39 is 0 Å². The van der Waals surface area contributed by atoms with Gasteiger partial charge >= 0.3 is 0 Å². The van der Waals surface area contributed by atoms with Gasteiger partial charge in [0.05, 0.1) is 12.8 Å². The summed E-state index contributed by atoms with van der Waals surface area (Å²) in [6.45, 7) is 0. The molecule has 0 amide bonds. The number of hydrogen-bond acceptors (Lipinski definition) is 4. The molecule has 0 spiro atoms. The second kappa shape index (κ2) is 7.80. The smallest absolute Gasteiger partial charge is 0.150 e. The summed E-state index contributed by atoms with van der Waals surface area (Å²) >= 11 is 0. The third kappa shape index (κ3) is 3.78. The third-order valence-electron chi connectivity index (χ3n) is 4.31. The molecule has 0 aliphatic rings. The zero-order valence-corrected chi connectivity index (χ0v) is 15.4. The average molecular weight is 369 g/mol. The van der Waals surface area contributed by atoms with Crippen LogP contribution in [0.2, 0.25) is 0 Å². The van der Waals surface area contributed by atoms with Gasteiger partial charge in [-0.25, -0.2) is 4.99 Å². The fourth-order valence-corrected chi connectivity index (χ4v) is 2.81. The molecule has 0 saturated carbocycles. The quantitative estimate of drug-likeness (QED) is 0.394. The normalized spacial score (nSPS) is 11.4. The molecular weight excluding hydrogens is 350 g/mol. The molecular formula is C23H19N3O2. The number of nitrogens with two attached hydrogens (primary N) is 1. The van der Waals surface area contributed by atoms with E-state index in [0.717, 1.165) is 34.1 Å². The van der Waals surface area contributed by atoms with Crippen molar-refractivity contribution in [3.63, 3.8) is 0 Å². The standard InChI is InChI=1S/C23H19N3O2/c1-27-19-11-7-17(8-12-19)22-14-13-21(28-22)16-5-9-18(10-6-16)26-23(24)20-4-2-3-15-25-20/h2-15H,1H3,(H2,24,26). The van der Waals surface area contributed by atoms with Crippen LogP contribution in [-0.4, -0.2) is 17.9 Å². The molecule has 5 nitrogen and oxygen atoms in total. The molecule has 0 radical (unpaired) electrons. The van der Waals surface area contributed by atoms with Crippen LogP contribution in [0.15, 0.2) is 94.5 Å². The molecule has 4 aromatic rings. The molecule has 0 aliphatic carbocycles. The van der Waals surface area contributed by atoms with E-state index in [4.69, 9.17) is 14.9 Å². The Morgan fingerprint density at radius 1 is 0.857 bits per heavy atom. The van der Waals surface area contributed by atoms with Gasteiger partial charge in [0, 0.05) is 17.3 Å². The first kappa shape index (κ1) is 17.5. The summed E-state index contributed by atoms with van der Waals surface area (Å²) in [5.74, 6) is 2.79. The van der Waals surface area contributed by atoms with Gasteiger partial charge in [-0.3, -0.25) is 4.98 Å². The van der Waals surface area contributed by atoms with E-state index >= 15 is 0 Å². The molecule has 2 aromatic heterocycles. The summed E-state index contributed by atoms with van der Waals surface area (Å²) < 4.78 is 11.2. The molecule has 4 rings (SSSR count). The van der Waals surface area contributed by atoms with Crippen LogP contribution in [0.25, 0.3) is 22.6 Å². The molecule has 0 fully saturated rings. The van der Waals surface area contributed by atoms with Crippen LogP contribution in [-0.2, 0) is 0 Å². The minimum absolute atomic E-state index is 0.383. The molecule has 5 heteroatoms. The molecule has 2 heterocycles. The van der Waals surface area contributed by atoms with Crippen LogP contribution in [0.3, 0.4) is 0 Å². The SMILES string of the molecule is COc1ccc(-c2ccc(-c3ccc(N=C(N)c4ccccn4)cc3)o2)cc1. The van der Waals surface area contributed by atoms with Crippen LogP contribution < -0.4 is 10.5 Å². The van der Waals surface area contributed by atoms with E-state index in [0.29, 0.717) is 11.5 Å². The Kier molecular flexibility index (Phi) is 4.89. The van der Waals surface area contributed by atoms with Gasteiger partial charge < -0.3 is 14.9 Å². The largest absolute Gasteiger partial charge is 0.497 e. The second-order valence-corrected chi connectivity index (χ2v) is 6.15. The maximum Gasteiger partial charge on any atom is 0.150 e. The number of amidine groups is 1. The Bertz CT molecular complexity index is 1080. The average Bonchev–Trinajstić information content (AvgIpc) is 3.25. The molecule has 2 aromatic carbocycles. The van der Waals surface area contributed by atoms with Crippen molar-refractivity contribution in [1.29, 1.82) is 0 Å². The van der Waals surface area contributed by atoms with Gasteiger partial charge in [0.15, 0.2) is 0 Å². The second-order valence-electron chi connectivity index (χ2n) is 6.15. The number of benzene rings is 2. The molecule has 0 bridgehead atoms. The Balaban J connectivity index is 1.53. The highest BCUT2D eigenvalue weighted by molar-refractivity contribution is 5.97. The minimum Gasteiger partial charge on any atom is -0.497 e. The zero-order valence-electron chi connectivity index (χ0n) is 15.4. The number of rotatable bonds is 5. The Morgan fingerprint density at radius 3 is 2.07 bits per heavy atom. The van der Waals surface area contributed by atoms with Crippen molar-refractivity contribution in [1.82, 2.24) is 4.98 Å². The summed E-state index contributed by atoms with van der Waals surface area (Å²) in [5, 5.41) is 0.